The molecule has 108 valence electrons. The zero-order valence-electron chi connectivity index (χ0n) is 12.5. The van der Waals surface area contributed by atoms with Gasteiger partial charge in [0.25, 0.3) is 0 Å². The van der Waals surface area contributed by atoms with Crippen molar-refractivity contribution in [2.24, 2.45) is 0 Å². The first-order valence-corrected chi connectivity index (χ1v) is 7.51. The molecular weight excluding hydrogens is 238 g/mol. The number of rotatable bonds is 7. The minimum absolute atomic E-state index is 0.501. The summed E-state index contributed by atoms with van der Waals surface area (Å²) < 4.78 is 7.84. The van der Waals surface area contributed by atoms with Gasteiger partial charge in [-0.3, -0.25) is 4.68 Å². The van der Waals surface area contributed by atoms with Crippen molar-refractivity contribution >= 4 is 0 Å². The van der Waals surface area contributed by atoms with Crippen molar-refractivity contribution in [2.45, 2.75) is 58.6 Å². The van der Waals surface area contributed by atoms with Crippen molar-refractivity contribution in [1.82, 2.24) is 15.1 Å². The minimum atomic E-state index is 0.501. The maximum Gasteiger partial charge on any atom is 0.0628 e. The monoisotopic (exact) mass is 265 g/mol. The summed E-state index contributed by atoms with van der Waals surface area (Å²) in [7, 11) is 2.00. The van der Waals surface area contributed by atoms with Gasteiger partial charge in [0.1, 0.15) is 0 Å². The third-order valence-electron chi connectivity index (χ3n) is 4.08. The molecule has 1 unspecified atom stereocenters. The number of hydrogen-bond donors (Lipinski definition) is 1. The molecule has 4 nitrogen and oxygen atoms in total. The fourth-order valence-electron chi connectivity index (χ4n) is 2.90. The highest BCUT2D eigenvalue weighted by molar-refractivity contribution is 5.24. The van der Waals surface area contributed by atoms with Crippen LogP contribution in [-0.2, 0) is 17.7 Å². The molecule has 0 aromatic carbocycles. The van der Waals surface area contributed by atoms with Crippen LogP contribution in [-0.4, -0.2) is 36.1 Å². The lowest BCUT2D eigenvalue weighted by Gasteiger charge is -2.10. The molecule has 2 heterocycles. The molecule has 1 saturated heterocycles. The summed E-state index contributed by atoms with van der Waals surface area (Å²) in [6.07, 6.45) is 6.38. The van der Waals surface area contributed by atoms with E-state index < -0.39 is 0 Å². The molecule has 0 amide bonds. The smallest absolute Gasteiger partial charge is 0.0628 e. The molecule has 0 saturated carbocycles. The molecule has 2 rings (SSSR count). The maximum atomic E-state index is 5.67. The topological polar surface area (TPSA) is 39.1 Å². The lowest BCUT2D eigenvalue weighted by Crippen LogP contribution is -2.12. The first-order valence-electron chi connectivity index (χ1n) is 7.51. The van der Waals surface area contributed by atoms with Crippen molar-refractivity contribution in [3.63, 3.8) is 0 Å². The third-order valence-corrected chi connectivity index (χ3v) is 4.08. The molecule has 1 aromatic rings. The molecule has 0 aliphatic carbocycles. The van der Waals surface area contributed by atoms with Crippen LogP contribution in [0.5, 0.6) is 0 Å². The van der Waals surface area contributed by atoms with Crippen molar-refractivity contribution < 1.29 is 4.74 Å². The second kappa shape index (κ2) is 7.06. The average Bonchev–Trinajstić information content (AvgIpc) is 2.98. The molecule has 0 bridgehead atoms. The first kappa shape index (κ1) is 14.5. The number of aryl methyl sites for hydroxylation is 2. The van der Waals surface area contributed by atoms with Crippen LogP contribution in [0.3, 0.4) is 0 Å². The summed E-state index contributed by atoms with van der Waals surface area (Å²) in [5.74, 6) is 0. The Hall–Kier alpha value is -0.870. The highest BCUT2D eigenvalue weighted by Gasteiger charge is 2.15. The van der Waals surface area contributed by atoms with Crippen molar-refractivity contribution in [3.05, 3.63) is 17.0 Å². The molecule has 0 radical (unpaired) electrons. The van der Waals surface area contributed by atoms with E-state index in [0.717, 1.165) is 32.5 Å². The Morgan fingerprint density at radius 2 is 2.26 bits per heavy atom. The second-order valence-corrected chi connectivity index (χ2v) is 5.50. The van der Waals surface area contributed by atoms with E-state index in [1.54, 1.807) is 0 Å². The second-order valence-electron chi connectivity index (χ2n) is 5.50. The van der Waals surface area contributed by atoms with Crippen LogP contribution < -0.4 is 5.32 Å². The number of nitrogens with one attached hydrogen (secondary N) is 1. The van der Waals surface area contributed by atoms with E-state index in [1.807, 2.05) is 7.05 Å². The van der Waals surface area contributed by atoms with E-state index >= 15 is 0 Å². The van der Waals surface area contributed by atoms with Gasteiger partial charge in [-0.05, 0) is 65.1 Å². The van der Waals surface area contributed by atoms with E-state index in [9.17, 15) is 0 Å². The van der Waals surface area contributed by atoms with E-state index in [2.05, 4.69) is 28.9 Å². The SMILES string of the molecule is CNCCc1c(C)nn(CCCC2CCCO2)c1C. The molecule has 1 aromatic heterocycles. The molecule has 1 fully saturated rings. The van der Waals surface area contributed by atoms with Crippen LogP contribution in [0.1, 0.15) is 42.6 Å². The zero-order chi connectivity index (χ0) is 13.7. The Kier molecular flexibility index (Phi) is 5.40. The Morgan fingerprint density at radius 1 is 1.42 bits per heavy atom. The van der Waals surface area contributed by atoms with Gasteiger partial charge in [0.2, 0.25) is 0 Å². The van der Waals surface area contributed by atoms with Gasteiger partial charge >= 0.3 is 0 Å². The lowest BCUT2D eigenvalue weighted by molar-refractivity contribution is 0.101. The highest BCUT2D eigenvalue weighted by atomic mass is 16.5. The van der Waals surface area contributed by atoms with Gasteiger partial charge < -0.3 is 10.1 Å². The van der Waals surface area contributed by atoms with Crippen molar-refractivity contribution in [3.8, 4) is 0 Å². The quantitative estimate of drug-likeness (QED) is 0.821. The predicted molar refractivity (Wildman–Crippen MR) is 77.5 cm³/mol. The van der Waals surface area contributed by atoms with Crippen LogP contribution in [0.15, 0.2) is 0 Å². The maximum absolute atomic E-state index is 5.67. The van der Waals surface area contributed by atoms with Gasteiger partial charge in [-0.25, -0.2) is 0 Å². The van der Waals surface area contributed by atoms with Gasteiger partial charge in [0.05, 0.1) is 11.8 Å². The van der Waals surface area contributed by atoms with Crippen LogP contribution in [0.25, 0.3) is 0 Å². The summed E-state index contributed by atoms with van der Waals surface area (Å²) in [5.41, 5.74) is 3.93. The predicted octanol–water partition coefficient (Wildman–Crippen LogP) is 2.22. The zero-order valence-corrected chi connectivity index (χ0v) is 12.5. The lowest BCUT2D eigenvalue weighted by atomic mass is 10.1. The summed E-state index contributed by atoms with van der Waals surface area (Å²) in [4.78, 5) is 0. The number of nitrogens with zero attached hydrogens (tertiary/aromatic N) is 2. The first-order chi connectivity index (χ1) is 9.22. The van der Waals surface area contributed by atoms with Gasteiger partial charge in [0, 0.05) is 18.8 Å². The summed E-state index contributed by atoms with van der Waals surface area (Å²) >= 11 is 0. The summed E-state index contributed by atoms with van der Waals surface area (Å²) in [5, 5.41) is 7.88. The molecule has 0 spiro atoms. The Bertz CT molecular complexity index is 394. The van der Waals surface area contributed by atoms with E-state index in [4.69, 9.17) is 4.74 Å². The molecule has 1 N–H and O–H groups in total. The minimum Gasteiger partial charge on any atom is -0.378 e. The van der Waals surface area contributed by atoms with Crippen molar-refractivity contribution in [1.29, 1.82) is 0 Å². The number of likely N-dealkylation sites (N-methyl/N-ethyl adjacent to an activating group) is 1. The molecule has 1 aliphatic heterocycles. The van der Waals surface area contributed by atoms with Gasteiger partial charge in [-0.1, -0.05) is 0 Å². The van der Waals surface area contributed by atoms with Crippen molar-refractivity contribution in [2.75, 3.05) is 20.2 Å². The molecule has 4 heteroatoms. The molecule has 1 atom stereocenters. The van der Waals surface area contributed by atoms with E-state index in [1.165, 1.54) is 36.2 Å². The largest absolute Gasteiger partial charge is 0.378 e. The highest BCUT2D eigenvalue weighted by Crippen LogP contribution is 2.18. The Morgan fingerprint density at radius 3 is 2.95 bits per heavy atom. The Balaban J connectivity index is 1.85. The normalized spacial score (nSPS) is 19.2. The van der Waals surface area contributed by atoms with Crippen LogP contribution in [0.4, 0.5) is 0 Å². The fraction of sp³-hybridized carbons (Fsp3) is 0.800. The van der Waals surface area contributed by atoms with Gasteiger partial charge in [-0.15, -0.1) is 0 Å². The standard InChI is InChI=1S/C15H27N3O/c1-12-15(8-9-16-3)13(2)18(17-12)10-4-6-14-7-5-11-19-14/h14,16H,4-11H2,1-3H3. The molecule has 1 aliphatic rings. The number of ether oxygens (including phenoxy) is 1. The average molecular weight is 265 g/mol. The van der Waals surface area contributed by atoms with Gasteiger partial charge in [-0.2, -0.15) is 5.10 Å². The third kappa shape index (κ3) is 3.80. The van der Waals surface area contributed by atoms with Crippen LogP contribution >= 0.6 is 0 Å². The van der Waals surface area contributed by atoms with E-state index in [-0.39, 0.29) is 0 Å². The van der Waals surface area contributed by atoms with Crippen LogP contribution in [0, 0.1) is 13.8 Å². The molecular formula is C15H27N3O. The Labute approximate surface area is 116 Å². The van der Waals surface area contributed by atoms with E-state index in [0.29, 0.717) is 6.10 Å². The summed E-state index contributed by atoms with van der Waals surface area (Å²) in [6, 6.07) is 0. The number of aromatic nitrogens is 2. The molecule has 19 heavy (non-hydrogen) atoms. The summed E-state index contributed by atoms with van der Waals surface area (Å²) in [6.45, 7) is 7.31. The fourth-order valence-corrected chi connectivity index (χ4v) is 2.90. The number of hydrogen-bond acceptors (Lipinski definition) is 3. The van der Waals surface area contributed by atoms with Crippen LogP contribution in [0.2, 0.25) is 0 Å². The van der Waals surface area contributed by atoms with Gasteiger partial charge in [0.15, 0.2) is 0 Å².